The van der Waals surface area contributed by atoms with Gasteiger partial charge in [-0.25, -0.2) is 4.79 Å². The second-order valence-corrected chi connectivity index (χ2v) is 22.0. The smallest absolute Gasteiger partial charge is 0.326 e. The van der Waals surface area contributed by atoms with Gasteiger partial charge in [-0.3, -0.25) is 72.5 Å². The van der Waals surface area contributed by atoms with E-state index in [0.717, 1.165) is 6.92 Å². The molecule has 0 saturated heterocycles. The van der Waals surface area contributed by atoms with Crippen molar-refractivity contribution in [3.05, 3.63) is 0 Å². The van der Waals surface area contributed by atoms with E-state index in [-0.39, 0.29) is 95.4 Å². The maximum Gasteiger partial charge on any atom is 0.326 e. The first-order valence-electron chi connectivity index (χ1n) is 30.3. The molecule has 528 valence electrons. The van der Waals surface area contributed by atoms with Gasteiger partial charge in [0, 0.05) is 38.9 Å². The Morgan fingerprint density at radius 1 is 0.344 bits per heavy atom. The van der Waals surface area contributed by atoms with Gasteiger partial charge in [-0.2, -0.15) is 0 Å². The highest BCUT2D eigenvalue weighted by atomic mass is 16.4. The van der Waals surface area contributed by atoms with Gasteiger partial charge in [0.05, 0.1) is 12.1 Å². The first kappa shape index (κ1) is 83.8. The Kier molecular flexibility index (Phi) is 41.4. The predicted molar refractivity (Wildman–Crippen MR) is 336 cm³/mol. The van der Waals surface area contributed by atoms with E-state index in [1.165, 1.54) is 13.8 Å². The average molecular weight is 1330 g/mol. The number of guanidine groups is 3. The molecular formula is C54H99N21O18. The first-order chi connectivity index (χ1) is 43.6. The maximum atomic E-state index is 14.4. The number of amides is 9. The molecule has 39 heteroatoms. The molecule has 0 saturated carbocycles. The minimum atomic E-state index is -2.00. The quantitative estimate of drug-likeness (QED) is 0.0153. The topological polar surface area (TPSA) is 703 Å². The van der Waals surface area contributed by atoms with Crippen molar-refractivity contribution in [3.8, 4) is 0 Å². The van der Waals surface area contributed by atoms with Crippen molar-refractivity contribution in [2.75, 3.05) is 32.7 Å². The fourth-order valence-corrected chi connectivity index (χ4v) is 8.66. The number of carboxylic acid groups (broad SMARTS) is 4. The summed E-state index contributed by atoms with van der Waals surface area (Å²) in [4.78, 5) is 184. The molecule has 11 atom stereocenters. The molecule has 0 aromatic heterocycles. The summed E-state index contributed by atoms with van der Waals surface area (Å²) in [7, 11) is 0. The van der Waals surface area contributed by atoms with E-state index in [1.54, 1.807) is 0 Å². The van der Waals surface area contributed by atoms with Crippen molar-refractivity contribution in [2.45, 2.75) is 203 Å². The highest BCUT2D eigenvalue weighted by Gasteiger charge is 2.38. The van der Waals surface area contributed by atoms with Gasteiger partial charge >= 0.3 is 23.9 Å². The summed E-state index contributed by atoms with van der Waals surface area (Å²) in [6.07, 6.45) is -4.31. The molecule has 93 heavy (non-hydrogen) atoms. The third kappa shape index (κ3) is 37.0. The Morgan fingerprint density at radius 3 is 0.925 bits per heavy atom. The van der Waals surface area contributed by atoms with Crippen LogP contribution in [0.1, 0.15) is 136 Å². The number of aliphatic imine (C=N–C) groups is 3. The Bertz CT molecular complexity index is 2560. The molecule has 0 rings (SSSR count). The molecule has 32 N–H and O–H groups in total. The minimum absolute atomic E-state index is 0.0174. The van der Waals surface area contributed by atoms with Crippen LogP contribution in [-0.4, -0.2) is 220 Å². The molecule has 0 aliphatic carbocycles. The zero-order valence-electron chi connectivity index (χ0n) is 52.8. The largest absolute Gasteiger partial charge is 0.481 e. The van der Waals surface area contributed by atoms with Crippen LogP contribution in [0.15, 0.2) is 15.0 Å². The van der Waals surface area contributed by atoms with Crippen molar-refractivity contribution in [2.24, 2.45) is 72.5 Å². The number of nitrogens with one attached hydrogen (secondary N) is 9. The number of aliphatic hydroxyl groups excluding tert-OH is 1. The zero-order chi connectivity index (χ0) is 70.9. The van der Waals surface area contributed by atoms with E-state index < -0.39 is 188 Å². The summed E-state index contributed by atoms with van der Waals surface area (Å²) in [5, 5.41) is 70.5. The van der Waals surface area contributed by atoms with Gasteiger partial charge in [0.1, 0.15) is 54.4 Å². The molecule has 0 bridgehead atoms. The Morgan fingerprint density at radius 2 is 0.613 bits per heavy atom. The summed E-state index contributed by atoms with van der Waals surface area (Å²) in [5.74, 6) is -17.3. The second kappa shape index (κ2) is 45.9. The molecule has 0 aliphatic heterocycles. The van der Waals surface area contributed by atoms with Crippen LogP contribution in [0.5, 0.6) is 0 Å². The number of carboxylic acids is 4. The number of hydrogen-bond acceptors (Lipinski definition) is 20. The fraction of sp³-hybridized carbons (Fsp3) is 0.704. The number of unbranched alkanes of at least 4 members (excludes halogenated alkanes) is 2. The van der Waals surface area contributed by atoms with E-state index in [9.17, 15) is 82.8 Å². The number of carbonyl (C=O) groups excluding carboxylic acids is 9. The number of aliphatic carboxylic acids is 4. The molecule has 39 nitrogen and oxygen atoms in total. The van der Waals surface area contributed by atoms with Crippen molar-refractivity contribution < 1.29 is 87.9 Å². The van der Waals surface area contributed by atoms with Crippen molar-refractivity contribution in [1.29, 1.82) is 0 Å². The molecule has 0 fully saturated rings. The van der Waals surface area contributed by atoms with Crippen LogP contribution < -0.4 is 99.5 Å². The van der Waals surface area contributed by atoms with Crippen LogP contribution in [0.25, 0.3) is 0 Å². The Hall–Kier alpha value is -9.24. The molecule has 0 aliphatic rings. The standard InChI is InChI=1S/C54H99N21O18/c1-27(2)40(49(90)72-34(16-19-37(77)78)47(88)70-33(15-10-26-66-54(62)63)46(87)73-36(51(92)93)18-21-39(81)82)74-50(91)41(28(3)76)75-48(89)35(17-20-38(79)80)71-45(86)32(14-9-25-65-53(60)61)69-44(85)31(13-8-24-64-52(58)59)68-43(84)30(12-5-7-23-56)67-42(83)29(57)11-4-6-22-55/h27-36,40-41,76H,4-26,55-57H2,1-3H3,(H,67,83)(H,68,84)(H,69,85)(H,70,88)(H,71,86)(H,72,90)(H,73,87)(H,74,91)(H,75,89)(H,77,78)(H,79,80)(H,81,82)(H,92,93)(H4,58,59,64)(H4,60,61,65)(H4,62,63,66)/t28-,29+,30+,31+,32+,33+,34+,35+,36+,40+,41+/m1/s1. The van der Waals surface area contributed by atoms with Crippen LogP contribution in [0.3, 0.4) is 0 Å². The highest BCUT2D eigenvalue weighted by Crippen LogP contribution is 2.13. The van der Waals surface area contributed by atoms with E-state index in [4.69, 9.17) is 56.7 Å². The predicted octanol–water partition coefficient (Wildman–Crippen LogP) is -8.19. The normalized spacial score (nSPS) is 14.5. The van der Waals surface area contributed by atoms with Crippen molar-refractivity contribution in [1.82, 2.24) is 47.9 Å². The van der Waals surface area contributed by atoms with Gasteiger partial charge in [-0.05, 0) is 116 Å². The number of nitrogens with zero attached hydrogens (tertiary/aromatic N) is 3. The third-order valence-electron chi connectivity index (χ3n) is 13.8. The lowest BCUT2D eigenvalue weighted by Crippen LogP contribution is -2.62. The Balaban J connectivity index is 7.17. The molecule has 0 aromatic rings. The second-order valence-electron chi connectivity index (χ2n) is 22.0. The molecule has 0 heterocycles. The van der Waals surface area contributed by atoms with Gasteiger partial charge in [-0.15, -0.1) is 0 Å². The number of rotatable bonds is 50. The van der Waals surface area contributed by atoms with E-state index >= 15 is 0 Å². The summed E-state index contributed by atoms with van der Waals surface area (Å²) >= 11 is 0. The lowest BCUT2D eigenvalue weighted by molar-refractivity contribution is -0.143. The van der Waals surface area contributed by atoms with E-state index in [1.807, 2.05) is 0 Å². The zero-order valence-corrected chi connectivity index (χ0v) is 52.8. The van der Waals surface area contributed by atoms with Gasteiger partial charge < -0.3 is 125 Å². The molecular weight excluding hydrogens is 1230 g/mol. The molecule has 0 radical (unpaired) electrons. The van der Waals surface area contributed by atoms with E-state index in [0.29, 0.717) is 32.2 Å². The summed E-state index contributed by atoms with van der Waals surface area (Å²) in [6.45, 7) is 4.29. The lowest BCUT2D eigenvalue weighted by Gasteiger charge is -2.30. The van der Waals surface area contributed by atoms with Gasteiger partial charge in [-0.1, -0.05) is 20.3 Å². The fourth-order valence-electron chi connectivity index (χ4n) is 8.66. The number of nitrogens with two attached hydrogens (primary N) is 9. The summed E-state index contributed by atoms with van der Waals surface area (Å²) < 4.78 is 0. The monoisotopic (exact) mass is 1330 g/mol. The molecule has 0 aromatic carbocycles. The van der Waals surface area contributed by atoms with Crippen molar-refractivity contribution >= 4 is 94.9 Å². The first-order valence-corrected chi connectivity index (χ1v) is 30.3. The van der Waals surface area contributed by atoms with Crippen molar-refractivity contribution in [3.63, 3.8) is 0 Å². The maximum absolute atomic E-state index is 14.4. The average Bonchev–Trinajstić information content (AvgIpc) is 1.51. The van der Waals surface area contributed by atoms with Gasteiger partial charge in [0.2, 0.25) is 53.2 Å². The van der Waals surface area contributed by atoms with Crippen LogP contribution in [0.4, 0.5) is 0 Å². The lowest BCUT2D eigenvalue weighted by atomic mass is 10.0. The van der Waals surface area contributed by atoms with Gasteiger partial charge in [0.15, 0.2) is 17.9 Å². The van der Waals surface area contributed by atoms with Crippen LogP contribution in [0, 0.1) is 5.92 Å². The van der Waals surface area contributed by atoms with Crippen LogP contribution in [0.2, 0.25) is 0 Å². The minimum Gasteiger partial charge on any atom is -0.481 e. The molecule has 0 spiro atoms. The SMILES string of the molecule is CC(C)[C@H](NC(=O)[C@@H](NC(=O)[C@H](CCC(=O)O)NC(=O)[C@H](CCCN=C(N)N)NC(=O)[C@H](CCCN=C(N)N)NC(=O)[C@H](CCCCN)NC(=O)[C@@H](N)CCCCN)[C@@H](C)O)C(=O)N[C@@H](CCC(=O)O)C(=O)N[C@@H](CCCN=C(N)N)C(=O)N[C@@H](CCC(=O)O)C(=O)O. The molecule has 0 unspecified atom stereocenters. The number of hydrogen-bond donors (Lipinski definition) is 23. The van der Waals surface area contributed by atoms with Crippen LogP contribution in [-0.2, 0) is 62.3 Å². The Labute approximate surface area is 537 Å². The van der Waals surface area contributed by atoms with E-state index in [2.05, 4.69) is 62.8 Å². The molecule has 9 amide bonds. The third-order valence-corrected chi connectivity index (χ3v) is 13.8. The highest BCUT2D eigenvalue weighted by molar-refractivity contribution is 5.99. The number of aliphatic hydroxyl groups is 1. The summed E-state index contributed by atoms with van der Waals surface area (Å²) in [6, 6.07) is -16.0. The summed E-state index contributed by atoms with van der Waals surface area (Å²) in [5.41, 5.74) is 50.2. The number of carbonyl (C=O) groups is 13. The van der Waals surface area contributed by atoms with Crippen LogP contribution >= 0.6 is 0 Å². The van der Waals surface area contributed by atoms with Gasteiger partial charge in [0.25, 0.3) is 0 Å².